The van der Waals surface area contributed by atoms with E-state index in [0.717, 1.165) is 13.1 Å². The minimum Gasteiger partial charge on any atom is -0.311 e. The first-order valence-electron chi connectivity index (χ1n) is 3.37. The third-order valence-electron chi connectivity index (χ3n) is 1.53. The summed E-state index contributed by atoms with van der Waals surface area (Å²) in [6, 6.07) is 2.22. The summed E-state index contributed by atoms with van der Waals surface area (Å²) in [5.74, 6) is 1.21. The number of rotatable bonds is 0. The maximum Gasteiger partial charge on any atom is 0.0319 e. The van der Waals surface area contributed by atoms with Crippen LogP contribution in [0.2, 0.25) is 0 Å². The van der Waals surface area contributed by atoms with Crippen molar-refractivity contribution in [3.05, 3.63) is 16.3 Å². The van der Waals surface area contributed by atoms with Gasteiger partial charge in [0.25, 0.3) is 0 Å². The van der Waals surface area contributed by atoms with Gasteiger partial charge in [0.15, 0.2) is 0 Å². The molecule has 0 bridgehead atoms. The van der Waals surface area contributed by atoms with Gasteiger partial charge in [-0.1, -0.05) is 0 Å². The molecule has 1 aromatic rings. The van der Waals surface area contributed by atoms with E-state index in [1.807, 2.05) is 23.1 Å². The van der Waals surface area contributed by atoms with Gasteiger partial charge in [-0.3, -0.25) is 0 Å². The molecule has 0 fully saturated rings. The van der Waals surface area contributed by atoms with Crippen molar-refractivity contribution < 1.29 is 0 Å². The molecule has 0 spiro atoms. The Bertz CT molecular complexity index is 199. The van der Waals surface area contributed by atoms with Crippen LogP contribution in [0.15, 0.2) is 16.3 Å². The Labute approximate surface area is 68.8 Å². The van der Waals surface area contributed by atoms with Gasteiger partial charge in [-0.05, 0) is 11.4 Å². The molecule has 0 aliphatic carbocycles. The second-order valence-electron chi connectivity index (χ2n) is 2.23. The monoisotopic (exact) mass is 171 g/mol. The smallest absolute Gasteiger partial charge is 0.0319 e. The van der Waals surface area contributed by atoms with Crippen LogP contribution in [-0.2, 0) is 6.54 Å². The molecule has 3 heteroatoms. The number of hydrogen-bond acceptors (Lipinski definition) is 3. The molecule has 1 nitrogen and oxygen atoms in total. The molecule has 54 valence electrons. The third kappa shape index (κ3) is 1.21. The van der Waals surface area contributed by atoms with E-state index in [1.54, 1.807) is 0 Å². The summed E-state index contributed by atoms with van der Waals surface area (Å²) in [6.45, 7) is 2.21. The van der Waals surface area contributed by atoms with Crippen molar-refractivity contribution in [1.82, 2.24) is 5.32 Å². The normalized spacial score (nSPS) is 18.0. The van der Waals surface area contributed by atoms with Gasteiger partial charge in [0.05, 0.1) is 0 Å². The summed E-state index contributed by atoms with van der Waals surface area (Å²) >= 11 is 3.82. The summed E-state index contributed by atoms with van der Waals surface area (Å²) in [5, 5.41) is 5.55. The fourth-order valence-corrected chi connectivity index (χ4v) is 3.03. The molecule has 10 heavy (non-hydrogen) atoms. The molecule has 0 radical (unpaired) electrons. The maximum absolute atomic E-state index is 3.38. The first kappa shape index (κ1) is 6.70. The Morgan fingerprint density at radius 2 is 2.50 bits per heavy atom. The van der Waals surface area contributed by atoms with Gasteiger partial charge >= 0.3 is 0 Å². The Morgan fingerprint density at radius 1 is 1.50 bits per heavy atom. The topological polar surface area (TPSA) is 12.0 Å². The SMILES string of the molecule is c1cc2c(s1)CNCCS2. The van der Waals surface area contributed by atoms with Crippen LogP contribution in [0.25, 0.3) is 0 Å². The highest BCUT2D eigenvalue weighted by atomic mass is 32.2. The molecule has 2 heterocycles. The number of fused-ring (bicyclic) bond motifs is 1. The van der Waals surface area contributed by atoms with Gasteiger partial charge in [-0.25, -0.2) is 0 Å². The lowest BCUT2D eigenvalue weighted by Crippen LogP contribution is -2.13. The summed E-state index contributed by atoms with van der Waals surface area (Å²) in [6.07, 6.45) is 0. The Morgan fingerprint density at radius 3 is 3.50 bits per heavy atom. The van der Waals surface area contributed by atoms with E-state index < -0.39 is 0 Å². The lowest BCUT2D eigenvalue weighted by molar-refractivity contribution is 0.742. The minimum atomic E-state index is 1.07. The molecule has 0 saturated carbocycles. The molecule has 0 aromatic carbocycles. The van der Waals surface area contributed by atoms with E-state index in [-0.39, 0.29) is 0 Å². The van der Waals surface area contributed by atoms with Gasteiger partial charge in [-0.15, -0.1) is 23.1 Å². The van der Waals surface area contributed by atoms with E-state index in [1.165, 1.54) is 15.5 Å². The minimum absolute atomic E-state index is 1.07. The van der Waals surface area contributed by atoms with E-state index >= 15 is 0 Å². The van der Waals surface area contributed by atoms with Crippen molar-refractivity contribution in [3.8, 4) is 0 Å². The molecular formula is C7H9NS2. The zero-order valence-corrected chi connectivity index (χ0v) is 7.23. The largest absolute Gasteiger partial charge is 0.311 e. The predicted octanol–water partition coefficient (Wildman–Crippen LogP) is 1.94. The fraction of sp³-hybridized carbons (Fsp3) is 0.429. The lowest BCUT2D eigenvalue weighted by Gasteiger charge is -1.93. The van der Waals surface area contributed by atoms with Crippen molar-refractivity contribution in [2.45, 2.75) is 11.4 Å². The van der Waals surface area contributed by atoms with Crippen molar-refractivity contribution in [1.29, 1.82) is 0 Å². The first-order chi connectivity index (χ1) is 4.97. The van der Waals surface area contributed by atoms with Crippen LogP contribution in [0.1, 0.15) is 4.88 Å². The Kier molecular flexibility index (Phi) is 1.97. The van der Waals surface area contributed by atoms with E-state index in [4.69, 9.17) is 0 Å². The molecule has 1 aromatic heterocycles. The summed E-state index contributed by atoms with van der Waals surface area (Å²) in [7, 11) is 0. The van der Waals surface area contributed by atoms with Crippen LogP contribution in [0.5, 0.6) is 0 Å². The number of hydrogen-bond donors (Lipinski definition) is 1. The van der Waals surface area contributed by atoms with Gasteiger partial charge in [0, 0.05) is 28.6 Å². The molecule has 1 aliphatic rings. The maximum atomic E-state index is 3.38. The van der Waals surface area contributed by atoms with Crippen molar-refractivity contribution in [2.75, 3.05) is 12.3 Å². The average Bonchev–Trinajstić information content (AvgIpc) is 2.28. The summed E-state index contributed by atoms with van der Waals surface area (Å²) in [5.41, 5.74) is 0. The molecule has 0 saturated heterocycles. The molecular weight excluding hydrogens is 162 g/mol. The Balaban J connectivity index is 2.28. The molecule has 1 aliphatic heterocycles. The van der Waals surface area contributed by atoms with Crippen LogP contribution in [0, 0.1) is 0 Å². The number of nitrogens with one attached hydrogen (secondary N) is 1. The molecule has 0 amide bonds. The Hall–Kier alpha value is 0.01000. The molecule has 2 rings (SSSR count). The van der Waals surface area contributed by atoms with E-state index in [2.05, 4.69) is 16.8 Å². The molecule has 0 unspecified atom stereocenters. The van der Waals surface area contributed by atoms with E-state index in [0.29, 0.717) is 0 Å². The van der Waals surface area contributed by atoms with Gasteiger partial charge in [0.1, 0.15) is 0 Å². The number of thioether (sulfide) groups is 1. The van der Waals surface area contributed by atoms with Crippen LogP contribution in [0.4, 0.5) is 0 Å². The quantitative estimate of drug-likeness (QED) is 0.640. The number of thiophene rings is 1. The third-order valence-corrected chi connectivity index (χ3v) is 3.68. The zero-order chi connectivity index (χ0) is 6.81. The van der Waals surface area contributed by atoms with Crippen molar-refractivity contribution in [3.63, 3.8) is 0 Å². The average molecular weight is 171 g/mol. The molecule has 0 atom stereocenters. The zero-order valence-electron chi connectivity index (χ0n) is 5.59. The second-order valence-corrected chi connectivity index (χ2v) is 4.37. The lowest BCUT2D eigenvalue weighted by atomic mass is 10.4. The summed E-state index contributed by atoms with van der Waals surface area (Å²) in [4.78, 5) is 2.98. The first-order valence-corrected chi connectivity index (χ1v) is 5.23. The summed E-state index contributed by atoms with van der Waals surface area (Å²) < 4.78 is 0. The van der Waals surface area contributed by atoms with Crippen molar-refractivity contribution in [2.24, 2.45) is 0 Å². The van der Waals surface area contributed by atoms with E-state index in [9.17, 15) is 0 Å². The van der Waals surface area contributed by atoms with Crippen molar-refractivity contribution >= 4 is 23.1 Å². The van der Waals surface area contributed by atoms with Gasteiger partial charge in [-0.2, -0.15) is 0 Å². The van der Waals surface area contributed by atoms with Gasteiger partial charge in [0.2, 0.25) is 0 Å². The van der Waals surface area contributed by atoms with Crippen LogP contribution in [0.3, 0.4) is 0 Å². The van der Waals surface area contributed by atoms with Crippen LogP contribution in [-0.4, -0.2) is 12.3 Å². The molecule has 1 N–H and O–H groups in total. The standard InChI is InChI=1S/C7H9NS2/c1-3-9-7-5-8-2-4-10-6(1)7/h1,3,8H,2,4-5H2. The highest BCUT2D eigenvalue weighted by molar-refractivity contribution is 7.99. The predicted molar refractivity (Wildman–Crippen MR) is 46.7 cm³/mol. The highest BCUT2D eigenvalue weighted by Gasteiger charge is 2.07. The fourth-order valence-electron chi connectivity index (χ4n) is 1.02. The van der Waals surface area contributed by atoms with Crippen LogP contribution < -0.4 is 5.32 Å². The van der Waals surface area contributed by atoms with Crippen LogP contribution >= 0.6 is 23.1 Å². The highest BCUT2D eigenvalue weighted by Crippen LogP contribution is 2.28. The second kappa shape index (κ2) is 2.95. The van der Waals surface area contributed by atoms with Gasteiger partial charge < -0.3 is 5.32 Å².